The lowest BCUT2D eigenvalue weighted by atomic mass is 10.0. The van der Waals surface area contributed by atoms with Crippen LogP contribution in [0.2, 0.25) is 0 Å². The number of hydrogen-bond donors (Lipinski definition) is 1. The summed E-state index contributed by atoms with van der Waals surface area (Å²) in [7, 11) is 0. The highest BCUT2D eigenvalue weighted by molar-refractivity contribution is 5.87. The number of benzene rings is 1. The number of alkyl halides is 3. The SMILES string of the molecule is Cc1ccc(C(=O)O)cc1CCC(F)(F)F. The fraction of sp³-hybridized carbons (Fsp3) is 0.364. The molecule has 88 valence electrons. The van der Waals surface area contributed by atoms with Crippen molar-refractivity contribution in [1.82, 2.24) is 0 Å². The Morgan fingerprint density at radius 2 is 2.00 bits per heavy atom. The molecular formula is C11H11F3O2. The van der Waals surface area contributed by atoms with Crippen LogP contribution in [0, 0.1) is 6.92 Å². The monoisotopic (exact) mass is 232 g/mol. The van der Waals surface area contributed by atoms with E-state index in [0.29, 0.717) is 11.1 Å². The summed E-state index contributed by atoms with van der Waals surface area (Å²) in [6.07, 6.45) is -5.33. The Bertz CT molecular complexity index is 397. The van der Waals surface area contributed by atoms with Gasteiger partial charge >= 0.3 is 12.1 Å². The number of carboxylic acids is 1. The van der Waals surface area contributed by atoms with Crippen LogP contribution in [0.3, 0.4) is 0 Å². The van der Waals surface area contributed by atoms with Gasteiger partial charge in [0.05, 0.1) is 5.56 Å². The first-order chi connectivity index (χ1) is 7.29. The third-order valence-corrected chi connectivity index (χ3v) is 2.27. The molecule has 0 saturated carbocycles. The Balaban J connectivity index is 2.86. The Labute approximate surface area is 90.7 Å². The van der Waals surface area contributed by atoms with E-state index in [-0.39, 0.29) is 12.0 Å². The van der Waals surface area contributed by atoms with Gasteiger partial charge in [-0.15, -0.1) is 0 Å². The first-order valence-electron chi connectivity index (χ1n) is 4.69. The molecule has 0 aliphatic rings. The van der Waals surface area contributed by atoms with Gasteiger partial charge in [0.25, 0.3) is 0 Å². The summed E-state index contributed by atoms with van der Waals surface area (Å²) in [5.41, 5.74) is 1.12. The molecule has 16 heavy (non-hydrogen) atoms. The Morgan fingerprint density at radius 1 is 1.38 bits per heavy atom. The molecule has 0 saturated heterocycles. The molecule has 1 aromatic carbocycles. The third kappa shape index (κ3) is 3.56. The first-order valence-corrected chi connectivity index (χ1v) is 4.69. The second-order valence-corrected chi connectivity index (χ2v) is 3.56. The zero-order chi connectivity index (χ0) is 12.3. The van der Waals surface area contributed by atoms with Gasteiger partial charge in [0.15, 0.2) is 0 Å². The minimum Gasteiger partial charge on any atom is -0.478 e. The quantitative estimate of drug-likeness (QED) is 0.868. The average Bonchev–Trinajstić information content (AvgIpc) is 2.14. The van der Waals surface area contributed by atoms with E-state index in [1.807, 2.05) is 0 Å². The molecule has 0 spiro atoms. The molecule has 0 amide bonds. The minimum atomic E-state index is -4.22. The average molecular weight is 232 g/mol. The van der Waals surface area contributed by atoms with Crippen LogP contribution in [0.5, 0.6) is 0 Å². The van der Waals surface area contributed by atoms with E-state index in [1.165, 1.54) is 18.2 Å². The standard InChI is InChI=1S/C11H11F3O2/c1-7-2-3-9(10(15)16)6-8(7)4-5-11(12,13)14/h2-3,6H,4-5H2,1H3,(H,15,16). The summed E-state index contributed by atoms with van der Waals surface area (Å²) in [4.78, 5) is 10.6. The van der Waals surface area contributed by atoms with Crippen molar-refractivity contribution in [3.8, 4) is 0 Å². The third-order valence-electron chi connectivity index (χ3n) is 2.27. The van der Waals surface area contributed by atoms with Crippen LogP contribution in [-0.2, 0) is 6.42 Å². The van der Waals surface area contributed by atoms with Gasteiger partial charge in [-0.1, -0.05) is 6.07 Å². The smallest absolute Gasteiger partial charge is 0.389 e. The molecular weight excluding hydrogens is 221 g/mol. The lowest BCUT2D eigenvalue weighted by molar-refractivity contribution is -0.134. The van der Waals surface area contributed by atoms with Crippen LogP contribution in [-0.4, -0.2) is 17.3 Å². The van der Waals surface area contributed by atoms with Crippen LogP contribution in [0.15, 0.2) is 18.2 Å². The fourth-order valence-corrected chi connectivity index (χ4v) is 1.35. The highest BCUT2D eigenvalue weighted by Gasteiger charge is 2.26. The van der Waals surface area contributed by atoms with E-state index >= 15 is 0 Å². The van der Waals surface area contributed by atoms with Gasteiger partial charge in [0.1, 0.15) is 0 Å². The van der Waals surface area contributed by atoms with Crippen molar-refractivity contribution in [2.45, 2.75) is 25.9 Å². The maximum absolute atomic E-state index is 12.0. The van der Waals surface area contributed by atoms with Crippen molar-refractivity contribution in [3.05, 3.63) is 34.9 Å². The molecule has 0 fully saturated rings. The maximum atomic E-state index is 12.0. The van der Waals surface area contributed by atoms with Crippen LogP contribution >= 0.6 is 0 Å². The second kappa shape index (κ2) is 4.55. The summed E-state index contributed by atoms with van der Waals surface area (Å²) in [5.74, 6) is -1.13. The van der Waals surface area contributed by atoms with Gasteiger partial charge in [-0.05, 0) is 36.6 Å². The molecule has 5 heteroatoms. The van der Waals surface area contributed by atoms with Crippen LogP contribution in [0.25, 0.3) is 0 Å². The molecule has 0 aromatic heterocycles. The van der Waals surface area contributed by atoms with E-state index < -0.39 is 18.6 Å². The lowest BCUT2D eigenvalue weighted by Gasteiger charge is -2.09. The Hall–Kier alpha value is -1.52. The molecule has 1 rings (SSSR count). The van der Waals surface area contributed by atoms with E-state index in [2.05, 4.69) is 0 Å². The van der Waals surface area contributed by atoms with E-state index in [1.54, 1.807) is 6.92 Å². The molecule has 1 N–H and O–H groups in total. The summed E-state index contributed by atoms with van der Waals surface area (Å²) in [6, 6.07) is 4.20. The van der Waals surface area contributed by atoms with E-state index in [4.69, 9.17) is 5.11 Å². The zero-order valence-corrected chi connectivity index (χ0v) is 8.64. The predicted molar refractivity (Wildman–Crippen MR) is 52.5 cm³/mol. The summed E-state index contributed by atoms with van der Waals surface area (Å²) in [5, 5.41) is 8.71. The van der Waals surface area contributed by atoms with Gasteiger partial charge in [-0.25, -0.2) is 4.79 Å². The van der Waals surface area contributed by atoms with Crippen LogP contribution in [0.4, 0.5) is 13.2 Å². The Morgan fingerprint density at radius 3 is 2.50 bits per heavy atom. The van der Waals surface area contributed by atoms with Crippen molar-refractivity contribution >= 4 is 5.97 Å². The number of carbonyl (C=O) groups is 1. The number of aryl methyl sites for hydroxylation is 2. The van der Waals surface area contributed by atoms with E-state index in [9.17, 15) is 18.0 Å². The van der Waals surface area contributed by atoms with Gasteiger partial charge in [0, 0.05) is 6.42 Å². The topological polar surface area (TPSA) is 37.3 Å². The highest BCUT2D eigenvalue weighted by atomic mass is 19.4. The van der Waals surface area contributed by atoms with Crippen molar-refractivity contribution in [1.29, 1.82) is 0 Å². The molecule has 0 bridgehead atoms. The number of carboxylic acid groups (broad SMARTS) is 1. The van der Waals surface area contributed by atoms with Crippen molar-refractivity contribution in [3.63, 3.8) is 0 Å². The van der Waals surface area contributed by atoms with Gasteiger partial charge < -0.3 is 5.11 Å². The van der Waals surface area contributed by atoms with Crippen molar-refractivity contribution in [2.24, 2.45) is 0 Å². The van der Waals surface area contributed by atoms with Gasteiger partial charge in [0.2, 0.25) is 0 Å². The number of rotatable bonds is 3. The molecule has 0 heterocycles. The van der Waals surface area contributed by atoms with Gasteiger partial charge in [-0.3, -0.25) is 0 Å². The second-order valence-electron chi connectivity index (χ2n) is 3.56. The molecule has 0 aliphatic heterocycles. The summed E-state index contributed by atoms with van der Waals surface area (Å²) >= 11 is 0. The predicted octanol–water partition coefficient (Wildman–Crippen LogP) is 3.19. The van der Waals surface area contributed by atoms with Crippen LogP contribution < -0.4 is 0 Å². The number of aromatic carboxylic acids is 1. The fourth-order valence-electron chi connectivity index (χ4n) is 1.35. The lowest BCUT2D eigenvalue weighted by Crippen LogP contribution is -2.09. The molecule has 1 aromatic rings. The zero-order valence-electron chi connectivity index (χ0n) is 8.64. The normalized spacial score (nSPS) is 11.5. The number of halogens is 3. The molecule has 2 nitrogen and oxygen atoms in total. The van der Waals surface area contributed by atoms with Gasteiger partial charge in [-0.2, -0.15) is 13.2 Å². The molecule has 0 unspecified atom stereocenters. The van der Waals surface area contributed by atoms with E-state index in [0.717, 1.165) is 0 Å². The molecule has 0 atom stereocenters. The summed E-state index contributed by atoms with van der Waals surface area (Å²) < 4.78 is 36.0. The Kier molecular flexibility index (Phi) is 3.57. The maximum Gasteiger partial charge on any atom is 0.389 e. The largest absolute Gasteiger partial charge is 0.478 e. The summed E-state index contributed by atoms with van der Waals surface area (Å²) in [6.45, 7) is 1.66. The van der Waals surface area contributed by atoms with Crippen molar-refractivity contribution < 1.29 is 23.1 Å². The molecule has 0 aliphatic carbocycles. The minimum absolute atomic E-state index is 0.0165. The number of hydrogen-bond acceptors (Lipinski definition) is 1. The first kappa shape index (κ1) is 12.5. The van der Waals surface area contributed by atoms with Crippen molar-refractivity contribution in [2.75, 3.05) is 0 Å². The van der Waals surface area contributed by atoms with Crippen LogP contribution in [0.1, 0.15) is 27.9 Å². The molecule has 0 radical (unpaired) electrons. The highest BCUT2D eigenvalue weighted by Crippen LogP contribution is 2.23.